The number of halogens is 1. The first-order valence-electron chi connectivity index (χ1n) is 10.0. The molecule has 10 heteroatoms. The van der Waals surface area contributed by atoms with Gasteiger partial charge in [-0.15, -0.1) is 0 Å². The van der Waals surface area contributed by atoms with Crippen LogP contribution >= 0.6 is 11.6 Å². The lowest BCUT2D eigenvalue weighted by Gasteiger charge is -2.20. The molecule has 1 fully saturated rings. The molecule has 8 nitrogen and oxygen atoms in total. The fourth-order valence-electron chi connectivity index (χ4n) is 3.15. The van der Waals surface area contributed by atoms with Crippen LogP contribution in [0.25, 0.3) is 0 Å². The Morgan fingerprint density at radius 1 is 1.06 bits per heavy atom. The second-order valence-corrected chi connectivity index (χ2v) is 9.62. The van der Waals surface area contributed by atoms with Crippen LogP contribution in [0, 0.1) is 0 Å². The van der Waals surface area contributed by atoms with E-state index in [-0.39, 0.29) is 16.3 Å². The lowest BCUT2D eigenvalue weighted by atomic mass is 10.2. The van der Waals surface area contributed by atoms with Gasteiger partial charge in [-0.25, -0.2) is 18.2 Å². The first-order valence-corrected chi connectivity index (χ1v) is 11.8. The van der Waals surface area contributed by atoms with E-state index in [1.54, 1.807) is 6.07 Å². The van der Waals surface area contributed by atoms with Crippen LogP contribution in [0.4, 0.5) is 5.82 Å². The molecule has 1 atom stereocenters. The first kappa shape index (κ1) is 23.2. The Kier molecular flexibility index (Phi) is 7.64. The number of esters is 1. The Balaban J connectivity index is 1.61. The molecule has 1 aliphatic rings. The molecule has 0 saturated carbocycles. The van der Waals surface area contributed by atoms with Crippen molar-refractivity contribution < 1.29 is 22.7 Å². The van der Waals surface area contributed by atoms with E-state index in [1.165, 1.54) is 47.8 Å². The van der Waals surface area contributed by atoms with Gasteiger partial charge in [0.1, 0.15) is 5.82 Å². The number of hydrogen-bond donors (Lipinski definition) is 1. The van der Waals surface area contributed by atoms with Crippen molar-refractivity contribution in [1.29, 1.82) is 0 Å². The molecule has 166 valence electrons. The first-order chi connectivity index (χ1) is 14.8. The van der Waals surface area contributed by atoms with Crippen molar-refractivity contribution >= 4 is 39.3 Å². The van der Waals surface area contributed by atoms with E-state index in [0.29, 0.717) is 18.1 Å². The van der Waals surface area contributed by atoms with Crippen LogP contribution in [0.1, 0.15) is 43.0 Å². The minimum absolute atomic E-state index is 0.130. The molecule has 0 bridgehead atoms. The molecular weight excluding hydrogens is 442 g/mol. The minimum Gasteiger partial charge on any atom is -0.449 e. The Morgan fingerprint density at radius 3 is 2.29 bits per heavy atom. The van der Waals surface area contributed by atoms with Crippen LogP contribution in [-0.4, -0.2) is 48.8 Å². The molecule has 31 heavy (non-hydrogen) atoms. The van der Waals surface area contributed by atoms with Gasteiger partial charge in [-0.05, 0) is 56.2 Å². The lowest BCUT2D eigenvalue weighted by molar-refractivity contribution is -0.123. The Hall–Kier alpha value is -2.49. The SMILES string of the molecule is C[C@H](OC(=O)c1ccc(S(=O)(=O)N2CCCCCC2)cc1)C(=O)Nc1ccc(Cl)cn1. The predicted octanol–water partition coefficient (Wildman–Crippen LogP) is 3.48. The topological polar surface area (TPSA) is 106 Å². The van der Waals surface area contributed by atoms with Gasteiger partial charge < -0.3 is 10.1 Å². The maximum Gasteiger partial charge on any atom is 0.338 e. The molecule has 2 heterocycles. The number of ether oxygens (including phenoxy) is 1. The summed E-state index contributed by atoms with van der Waals surface area (Å²) in [5.74, 6) is -1.01. The van der Waals surface area contributed by atoms with Crippen molar-refractivity contribution in [2.75, 3.05) is 18.4 Å². The van der Waals surface area contributed by atoms with Crippen molar-refractivity contribution in [1.82, 2.24) is 9.29 Å². The average Bonchev–Trinajstić information content (AvgIpc) is 3.05. The molecule has 1 N–H and O–H groups in total. The third-order valence-corrected chi connectivity index (χ3v) is 7.06. The van der Waals surface area contributed by atoms with E-state index in [9.17, 15) is 18.0 Å². The molecule has 0 spiro atoms. The van der Waals surface area contributed by atoms with Crippen molar-refractivity contribution in [3.05, 3.63) is 53.2 Å². The Labute approximate surface area is 186 Å². The van der Waals surface area contributed by atoms with Crippen LogP contribution in [-0.2, 0) is 19.6 Å². The van der Waals surface area contributed by atoms with Gasteiger partial charge in [-0.1, -0.05) is 24.4 Å². The summed E-state index contributed by atoms with van der Waals surface area (Å²) < 4.78 is 32.3. The molecule has 3 rings (SSSR count). The molecule has 1 aliphatic heterocycles. The summed E-state index contributed by atoms with van der Waals surface area (Å²) in [5, 5.41) is 2.95. The van der Waals surface area contributed by atoms with Gasteiger partial charge in [-0.3, -0.25) is 4.79 Å². The summed E-state index contributed by atoms with van der Waals surface area (Å²) in [5.41, 5.74) is 0.152. The van der Waals surface area contributed by atoms with E-state index < -0.39 is 28.0 Å². The van der Waals surface area contributed by atoms with Crippen LogP contribution in [0.3, 0.4) is 0 Å². The molecule has 0 aliphatic carbocycles. The molecular formula is C21H24ClN3O5S. The molecule has 2 aromatic rings. The van der Waals surface area contributed by atoms with E-state index in [1.807, 2.05) is 0 Å². The molecule has 1 amide bonds. The summed E-state index contributed by atoms with van der Waals surface area (Å²) in [6, 6.07) is 8.65. The summed E-state index contributed by atoms with van der Waals surface area (Å²) >= 11 is 5.75. The van der Waals surface area contributed by atoms with Crippen LogP contribution < -0.4 is 5.32 Å². The smallest absolute Gasteiger partial charge is 0.338 e. The zero-order valence-electron chi connectivity index (χ0n) is 17.1. The molecule has 0 radical (unpaired) electrons. The number of pyridine rings is 1. The number of anilines is 1. The second kappa shape index (κ2) is 10.2. The number of carbonyl (C=O) groups is 2. The zero-order chi connectivity index (χ0) is 22.4. The van der Waals surface area contributed by atoms with Crippen molar-refractivity contribution in [3.8, 4) is 0 Å². The molecule has 1 aromatic heterocycles. The highest BCUT2D eigenvalue weighted by molar-refractivity contribution is 7.89. The fourth-order valence-corrected chi connectivity index (χ4v) is 4.78. The standard InChI is InChI=1S/C21H24ClN3O5S/c1-15(20(26)24-19-11-8-17(22)14-23-19)30-21(27)16-6-9-18(10-7-16)31(28,29)25-12-4-2-3-5-13-25/h6-11,14-15H,2-5,12-13H2,1H3,(H,23,24,26)/t15-/m0/s1. The van der Waals surface area contributed by atoms with Gasteiger partial charge in [0.2, 0.25) is 10.0 Å². The van der Waals surface area contributed by atoms with Gasteiger partial charge in [0.25, 0.3) is 5.91 Å². The molecule has 1 saturated heterocycles. The number of carbonyl (C=O) groups excluding carboxylic acids is 2. The van der Waals surface area contributed by atoms with Crippen molar-refractivity contribution in [2.24, 2.45) is 0 Å². The Bertz CT molecular complexity index is 1020. The summed E-state index contributed by atoms with van der Waals surface area (Å²) in [4.78, 5) is 28.7. The zero-order valence-corrected chi connectivity index (χ0v) is 18.7. The van der Waals surface area contributed by atoms with Crippen LogP contribution in [0.15, 0.2) is 47.5 Å². The highest BCUT2D eigenvalue weighted by Crippen LogP contribution is 2.21. The maximum absolute atomic E-state index is 12.8. The van der Waals surface area contributed by atoms with Gasteiger partial charge in [0, 0.05) is 19.3 Å². The molecule has 0 unspecified atom stereocenters. The summed E-state index contributed by atoms with van der Waals surface area (Å²) in [6.07, 6.45) is 4.04. The van der Waals surface area contributed by atoms with E-state index in [0.717, 1.165) is 25.7 Å². The monoisotopic (exact) mass is 465 g/mol. The number of nitrogens with zero attached hydrogens (tertiary/aromatic N) is 2. The van der Waals surface area contributed by atoms with Gasteiger partial charge in [0.05, 0.1) is 15.5 Å². The highest BCUT2D eigenvalue weighted by atomic mass is 35.5. The number of sulfonamides is 1. The van der Waals surface area contributed by atoms with Crippen molar-refractivity contribution in [2.45, 2.75) is 43.6 Å². The van der Waals surface area contributed by atoms with Gasteiger partial charge >= 0.3 is 5.97 Å². The normalized spacial score (nSPS) is 16.2. The highest BCUT2D eigenvalue weighted by Gasteiger charge is 2.26. The lowest BCUT2D eigenvalue weighted by Crippen LogP contribution is -2.32. The predicted molar refractivity (Wildman–Crippen MR) is 116 cm³/mol. The van der Waals surface area contributed by atoms with E-state index >= 15 is 0 Å². The number of aromatic nitrogens is 1. The number of amides is 1. The van der Waals surface area contributed by atoms with Gasteiger partial charge in [-0.2, -0.15) is 4.31 Å². The van der Waals surface area contributed by atoms with Gasteiger partial charge in [0.15, 0.2) is 6.10 Å². The summed E-state index contributed by atoms with van der Waals surface area (Å²) in [6.45, 7) is 2.43. The molecule has 1 aromatic carbocycles. The van der Waals surface area contributed by atoms with Crippen LogP contribution in [0.5, 0.6) is 0 Å². The summed E-state index contributed by atoms with van der Waals surface area (Å²) in [7, 11) is -3.60. The Morgan fingerprint density at radius 2 is 1.71 bits per heavy atom. The third kappa shape index (κ3) is 6.03. The minimum atomic E-state index is -3.60. The number of benzene rings is 1. The van der Waals surface area contributed by atoms with Crippen molar-refractivity contribution in [3.63, 3.8) is 0 Å². The van der Waals surface area contributed by atoms with E-state index in [4.69, 9.17) is 16.3 Å². The van der Waals surface area contributed by atoms with E-state index in [2.05, 4.69) is 10.3 Å². The number of hydrogen-bond acceptors (Lipinski definition) is 6. The fraction of sp³-hybridized carbons (Fsp3) is 0.381. The number of nitrogens with one attached hydrogen (secondary N) is 1. The number of rotatable bonds is 6. The second-order valence-electron chi connectivity index (χ2n) is 7.24. The third-order valence-electron chi connectivity index (χ3n) is 4.92. The average molecular weight is 466 g/mol. The van der Waals surface area contributed by atoms with Crippen LogP contribution in [0.2, 0.25) is 5.02 Å². The largest absolute Gasteiger partial charge is 0.449 e. The quantitative estimate of drug-likeness (QED) is 0.654. The maximum atomic E-state index is 12.8.